The summed E-state index contributed by atoms with van der Waals surface area (Å²) in [5.74, 6) is 7.49. The minimum atomic E-state index is 0.330. The summed E-state index contributed by atoms with van der Waals surface area (Å²) in [6.45, 7) is 6.87. The van der Waals surface area contributed by atoms with Crippen molar-refractivity contribution >= 4 is 0 Å². The molecule has 21 heavy (non-hydrogen) atoms. The van der Waals surface area contributed by atoms with Crippen LogP contribution in [0.2, 0.25) is 0 Å². The van der Waals surface area contributed by atoms with E-state index in [9.17, 15) is 0 Å². The molecule has 118 valence electrons. The lowest BCUT2D eigenvalue weighted by Gasteiger charge is -2.38. The molecule has 0 aromatic heterocycles. The van der Waals surface area contributed by atoms with Crippen LogP contribution in [0.3, 0.4) is 0 Å². The molecular formula is C18H30N2O. The molecule has 1 saturated carbocycles. The van der Waals surface area contributed by atoms with E-state index in [0.29, 0.717) is 17.4 Å². The van der Waals surface area contributed by atoms with Gasteiger partial charge < -0.3 is 4.74 Å². The van der Waals surface area contributed by atoms with Crippen molar-refractivity contribution in [2.24, 2.45) is 17.2 Å². The summed E-state index contributed by atoms with van der Waals surface area (Å²) in [5, 5.41) is 0. The number of aryl methyl sites for hydroxylation is 1. The van der Waals surface area contributed by atoms with Gasteiger partial charge in [-0.1, -0.05) is 31.5 Å². The third kappa shape index (κ3) is 4.21. The van der Waals surface area contributed by atoms with E-state index in [1.54, 1.807) is 7.11 Å². The van der Waals surface area contributed by atoms with E-state index in [2.05, 4.69) is 44.4 Å². The van der Waals surface area contributed by atoms with E-state index < -0.39 is 0 Å². The van der Waals surface area contributed by atoms with Gasteiger partial charge in [-0.25, -0.2) is 0 Å². The second-order valence-electron chi connectivity index (χ2n) is 7.29. The summed E-state index contributed by atoms with van der Waals surface area (Å²) in [7, 11) is 1.74. The topological polar surface area (TPSA) is 47.3 Å². The fraction of sp³-hybridized carbons (Fsp3) is 0.667. The Balaban J connectivity index is 2.07. The Hall–Kier alpha value is -1.06. The minimum Gasteiger partial charge on any atom is -0.496 e. The van der Waals surface area contributed by atoms with E-state index >= 15 is 0 Å². The monoisotopic (exact) mass is 290 g/mol. The van der Waals surface area contributed by atoms with Gasteiger partial charge in [0.15, 0.2) is 0 Å². The third-order valence-corrected chi connectivity index (χ3v) is 5.04. The molecule has 1 aromatic carbocycles. The van der Waals surface area contributed by atoms with Crippen LogP contribution in [0.4, 0.5) is 0 Å². The maximum absolute atomic E-state index is 5.86. The highest BCUT2D eigenvalue weighted by Gasteiger charge is 2.31. The van der Waals surface area contributed by atoms with Crippen molar-refractivity contribution in [1.29, 1.82) is 0 Å². The lowest BCUT2D eigenvalue weighted by Crippen LogP contribution is -2.44. The number of nitrogens with two attached hydrogens (primary N) is 1. The first-order chi connectivity index (χ1) is 9.95. The Bertz CT molecular complexity index is 460. The van der Waals surface area contributed by atoms with Crippen LogP contribution in [-0.2, 0) is 6.42 Å². The summed E-state index contributed by atoms with van der Waals surface area (Å²) in [6, 6.07) is 6.70. The average molecular weight is 290 g/mol. The van der Waals surface area contributed by atoms with Crippen LogP contribution < -0.4 is 16.0 Å². The fourth-order valence-corrected chi connectivity index (χ4v) is 3.49. The quantitative estimate of drug-likeness (QED) is 0.643. The van der Waals surface area contributed by atoms with Crippen molar-refractivity contribution in [3.05, 3.63) is 29.3 Å². The van der Waals surface area contributed by atoms with Gasteiger partial charge in [-0.3, -0.25) is 11.3 Å². The molecule has 3 heteroatoms. The minimum absolute atomic E-state index is 0.330. The van der Waals surface area contributed by atoms with Gasteiger partial charge >= 0.3 is 0 Å². The van der Waals surface area contributed by atoms with E-state index in [-0.39, 0.29) is 0 Å². The number of rotatable bonds is 5. The summed E-state index contributed by atoms with van der Waals surface area (Å²) in [6.07, 6.45) is 6.04. The Labute approximate surface area is 129 Å². The molecule has 0 bridgehead atoms. The lowest BCUT2D eigenvalue weighted by molar-refractivity contribution is 0.160. The third-order valence-electron chi connectivity index (χ3n) is 5.04. The highest BCUT2D eigenvalue weighted by molar-refractivity contribution is 5.37. The molecule has 1 atom stereocenters. The first-order valence-electron chi connectivity index (χ1n) is 8.05. The van der Waals surface area contributed by atoms with Crippen LogP contribution >= 0.6 is 0 Å². The Morgan fingerprint density at radius 3 is 2.57 bits per heavy atom. The molecule has 1 fully saturated rings. The van der Waals surface area contributed by atoms with Crippen molar-refractivity contribution in [3.63, 3.8) is 0 Å². The number of nitrogens with one attached hydrogen (secondary N) is 1. The van der Waals surface area contributed by atoms with Gasteiger partial charge in [0.25, 0.3) is 0 Å². The molecule has 1 unspecified atom stereocenters. The van der Waals surface area contributed by atoms with E-state index in [1.807, 2.05) is 0 Å². The van der Waals surface area contributed by atoms with Crippen molar-refractivity contribution in [2.45, 2.75) is 58.9 Å². The van der Waals surface area contributed by atoms with Crippen molar-refractivity contribution in [3.8, 4) is 5.75 Å². The molecule has 2 rings (SSSR count). The molecule has 0 saturated heterocycles. The maximum atomic E-state index is 5.86. The molecule has 1 aliphatic carbocycles. The lowest BCUT2D eigenvalue weighted by atomic mass is 9.70. The first-order valence-corrected chi connectivity index (χ1v) is 8.05. The predicted molar refractivity (Wildman–Crippen MR) is 88.3 cm³/mol. The van der Waals surface area contributed by atoms with Crippen molar-refractivity contribution < 1.29 is 4.74 Å². The highest BCUT2D eigenvalue weighted by Crippen LogP contribution is 2.40. The Morgan fingerprint density at radius 2 is 2.00 bits per heavy atom. The Kier molecular flexibility index (Phi) is 5.28. The molecule has 0 amide bonds. The summed E-state index contributed by atoms with van der Waals surface area (Å²) >= 11 is 0. The van der Waals surface area contributed by atoms with Gasteiger partial charge in [-0.05, 0) is 62.0 Å². The number of methoxy groups -OCH3 is 1. The molecule has 0 spiro atoms. The second-order valence-corrected chi connectivity index (χ2v) is 7.29. The molecule has 0 radical (unpaired) electrons. The van der Waals surface area contributed by atoms with Gasteiger partial charge in [0.05, 0.1) is 7.11 Å². The normalized spacial score (nSPS) is 20.2. The molecule has 3 N–H and O–H groups in total. The van der Waals surface area contributed by atoms with Gasteiger partial charge in [0.1, 0.15) is 5.75 Å². The number of hydrazine groups is 1. The van der Waals surface area contributed by atoms with Gasteiger partial charge in [-0.2, -0.15) is 0 Å². The molecule has 3 nitrogen and oxygen atoms in total. The van der Waals surface area contributed by atoms with Gasteiger partial charge in [-0.15, -0.1) is 0 Å². The van der Waals surface area contributed by atoms with Crippen molar-refractivity contribution in [2.75, 3.05) is 7.11 Å². The van der Waals surface area contributed by atoms with Crippen LogP contribution in [0.15, 0.2) is 18.2 Å². The molecule has 0 heterocycles. The highest BCUT2D eigenvalue weighted by atomic mass is 16.5. The van der Waals surface area contributed by atoms with E-state index in [1.165, 1.54) is 36.8 Å². The van der Waals surface area contributed by atoms with E-state index in [4.69, 9.17) is 10.6 Å². The fourth-order valence-electron chi connectivity index (χ4n) is 3.49. The van der Waals surface area contributed by atoms with Crippen LogP contribution in [0.1, 0.15) is 50.7 Å². The molecule has 1 aromatic rings. The number of benzene rings is 1. The zero-order chi connectivity index (χ0) is 15.5. The van der Waals surface area contributed by atoms with E-state index in [0.717, 1.165) is 12.2 Å². The zero-order valence-corrected chi connectivity index (χ0v) is 13.9. The number of hydrogen-bond acceptors (Lipinski definition) is 3. The first kappa shape index (κ1) is 16.3. The molecule has 1 aliphatic rings. The summed E-state index contributed by atoms with van der Waals surface area (Å²) in [5.41, 5.74) is 6.08. The standard InChI is InChI=1S/C18H30N2O/c1-13-5-6-17(21-4)15(11-13)12-16(20-19)14-7-9-18(2,3)10-8-14/h5-6,11,14,16,20H,7-10,12,19H2,1-4H3. The van der Waals surface area contributed by atoms with Gasteiger partial charge in [0.2, 0.25) is 0 Å². The van der Waals surface area contributed by atoms with Crippen molar-refractivity contribution in [1.82, 2.24) is 5.43 Å². The zero-order valence-electron chi connectivity index (χ0n) is 13.9. The molecule has 0 aliphatic heterocycles. The smallest absolute Gasteiger partial charge is 0.122 e. The SMILES string of the molecule is COc1ccc(C)cc1CC(NN)C1CCC(C)(C)CC1. The van der Waals surface area contributed by atoms with Crippen LogP contribution in [0.5, 0.6) is 5.75 Å². The number of hydrogen-bond donors (Lipinski definition) is 2. The van der Waals surface area contributed by atoms with Gasteiger partial charge in [0, 0.05) is 6.04 Å². The predicted octanol–water partition coefficient (Wildman–Crippen LogP) is 3.59. The van der Waals surface area contributed by atoms with Crippen LogP contribution in [-0.4, -0.2) is 13.2 Å². The maximum Gasteiger partial charge on any atom is 0.122 e. The van der Waals surface area contributed by atoms with Crippen LogP contribution in [0.25, 0.3) is 0 Å². The number of ether oxygens (including phenoxy) is 1. The largest absolute Gasteiger partial charge is 0.496 e. The summed E-state index contributed by atoms with van der Waals surface area (Å²) < 4.78 is 5.50. The second kappa shape index (κ2) is 6.80. The summed E-state index contributed by atoms with van der Waals surface area (Å²) in [4.78, 5) is 0. The Morgan fingerprint density at radius 1 is 1.33 bits per heavy atom. The average Bonchev–Trinajstić information content (AvgIpc) is 2.45. The molecular weight excluding hydrogens is 260 g/mol. The van der Waals surface area contributed by atoms with Crippen LogP contribution in [0, 0.1) is 18.3 Å².